The lowest BCUT2D eigenvalue weighted by Gasteiger charge is -2.46. The highest BCUT2D eigenvalue weighted by molar-refractivity contribution is 7.89. The van der Waals surface area contributed by atoms with E-state index in [0.717, 1.165) is 87.9 Å². The molecule has 3 aliphatic heterocycles. The lowest BCUT2D eigenvalue weighted by molar-refractivity contribution is -0.0213. The fourth-order valence-electron chi connectivity index (χ4n) is 8.31. The Hall–Kier alpha value is -2.14. The summed E-state index contributed by atoms with van der Waals surface area (Å²) in [4.78, 5) is 5.18. The number of sulfonamides is 1. The molecule has 7 rings (SSSR count). The third-order valence-electron chi connectivity index (χ3n) is 11.2. The van der Waals surface area contributed by atoms with Crippen LogP contribution in [-0.2, 0) is 31.3 Å². The molecule has 8 nitrogen and oxygen atoms in total. The Morgan fingerprint density at radius 1 is 1.09 bits per heavy atom. The second-order valence-corrected chi connectivity index (χ2v) is 17.1. The number of benzene rings is 2. The number of nitrogens with one attached hydrogen (secondary N) is 1. The highest BCUT2D eigenvalue weighted by Crippen LogP contribution is 2.47. The normalized spacial score (nSPS) is 30.5. The van der Waals surface area contributed by atoms with E-state index in [1.54, 1.807) is 6.07 Å². The van der Waals surface area contributed by atoms with Crippen LogP contribution in [0, 0.1) is 11.8 Å². The van der Waals surface area contributed by atoms with Crippen LogP contribution in [0.1, 0.15) is 63.5 Å². The number of fused-ring (bicyclic) bond motifs is 4. The molecule has 256 valence electrons. The standard InChI is InChI=1S/C37H50ClN3O5S/c1-36(2)24-39-47(42,43)30-11-14-35-33(22-30)41(25-37(26-45-35)15-5-7-27-21-29(38)10-13-32(27)37)23-28-9-12-31(28)34(8-6-19-46-36)44-20-18-40-16-3-4-17-40/h6,8,10-11,13-14,21-22,28,31,34,39H,3-5,7,9,12,15-20,23-26H2,1-2H3/t28-,31+,34-,37-/m0/s1. The van der Waals surface area contributed by atoms with Gasteiger partial charge in [-0.15, -0.1) is 0 Å². The van der Waals surface area contributed by atoms with Crippen LogP contribution < -0.4 is 14.4 Å². The highest BCUT2D eigenvalue weighted by atomic mass is 35.5. The Balaban J connectivity index is 1.24. The van der Waals surface area contributed by atoms with E-state index in [2.05, 4.69) is 38.8 Å². The van der Waals surface area contributed by atoms with E-state index in [4.69, 9.17) is 25.8 Å². The molecule has 4 atom stereocenters. The zero-order valence-electron chi connectivity index (χ0n) is 27.9. The third kappa shape index (κ3) is 7.26. The quantitative estimate of drug-likeness (QED) is 0.399. The molecule has 1 spiro atoms. The molecule has 47 heavy (non-hydrogen) atoms. The first-order valence-electron chi connectivity index (χ1n) is 17.6. The second kappa shape index (κ2) is 13.6. The number of ether oxygens (including phenoxy) is 3. The van der Waals surface area contributed by atoms with Crippen LogP contribution in [0.2, 0.25) is 5.02 Å². The smallest absolute Gasteiger partial charge is 0.240 e. The van der Waals surface area contributed by atoms with Crippen LogP contribution >= 0.6 is 11.6 Å². The average Bonchev–Trinajstić information content (AvgIpc) is 3.50. The molecule has 2 bridgehead atoms. The summed E-state index contributed by atoms with van der Waals surface area (Å²) < 4.78 is 49.6. The van der Waals surface area contributed by atoms with Crippen molar-refractivity contribution in [1.82, 2.24) is 9.62 Å². The fourth-order valence-corrected chi connectivity index (χ4v) is 9.72. The lowest BCUT2D eigenvalue weighted by atomic mass is 9.68. The number of nitrogens with zero attached hydrogens (tertiary/aromatic N) is 2. The number of likely N-dealkylation sites (tertiary alicyclic amines) is 1. The predicted octanol–water partition coefficient (Wildman–Crippen LogP) is 5.96. The Morgan fingerprint density at radius 3 is 2.74 bits per heavy atom. The summed E-state index contributed by atoms with van der Waals surface area (Å²) in [6, 6.07) is 11.6. The Bertz CT molecular complexity index is 1580. The van der Waals surface area contributed by atoms with Gasteiger partial charge < -0.3 is 24.0 Å². The zero-order valence-corrected chi connectivity index (χ0v) is 29.5. The SMILES string of the molecule is CC1(C)CNS(=O)(=O)c2ccc3c(c2)N(C[C@@H]2CC[C@H]2[C@@H](OCCN2CCCC2)C=CCO1)C[C@@]1(CCCc2cc(Cl)ccc21)CO3. The largest absolute Gasteiger partial charge is 0.490 e. The first-order chi connectivity index (χ1) is 22.6. The molecule has 0 radical (unpaired) electrons. The van der Waals surface area contributed by atoms with E-state index in [1.165, 1.54) is 24.0 Å². The molecular formula is C37H50ClN3O5S. The summed E-state index contributed by atoms with van der Waals surface area (Å²) in [5.41, 5.74) is 2.54. The van der Waals surface area contributed by atoms with E-state index in [-0.39, 0.29) is 23.0 Å². The van der Waals surface area contributed by atoms with Gasteiger partial charge in [0.25, 0.3) is 0 Å². The summed E-state index contributed by atoms with van der Waals surface area (Å²) in [6.45, 7) is 10.5. The van der Waals surface area contributed by atoms with Gasteiger partial charge in [0, 0.05) is 36.6 Å². The molecule has 1 saturated carbocycles. The fraction of sp³-hybridized carbons (Fsp3) is 0.622. The van der Waals surface area contributed by atoms with Gasteiger partial charge in [-0.25, -0.2) is 13.1 Å². The number of hydrogen-bond acceptors (Lipinski definition) is 7. The van der Waals surface area contributed by atoms with Crippen LogP contribution in [-0.4, -0.2) is 84.1 Å². The second-order valence-electron chi connectivity index (χ2n) is 14.9. The molecule has 5 aliphatic rings. The molecular weight excluding hydrogens is 634 g/mol. The Labute approximate surface area is 285 Å². The minimum atomic E-state index is -3.79. The van der Waals surface area contributed by atoms with Crippen LogP contribution in [0.25, 0.3) is 0 Å². The molecule has 1 saturated heterocycles. The van der Waals surface area contributed by atoms with Crippen molar-refractivity contribution >= 4 is 27.3 Å². The molecule has 0 aromatic heterocycles. The van der Waals surface area contributed by atoms with Crippen molar-refractivity contribution in [2.24, 2.45) is 11.8 Å². The Morgan fingerprint density at radius 2 is 1.94 bits per heavy atom. The number of halogens is 1. The van der Waals surface area contributed by atoms with Crippen molar-refractivity contribution in [3.8, 4) is 5.75 Å². The van der Waals surface area contributed by atoms with E-state index in [1.807, 2.05) is 32.0 Å². The van der Waals surface area contributed by atoms with Crippen molar-refractivity contribution in [3.63, 3.8) is 0 Å². The highest BCUT2D eigenvalue weighted by Gasteiger charge is 2.44. The molecule has 3 heterocycles. The van der Waals surface area contributed by atoms with Gasteiger partial charge in [0.05, 0.1) is 42.1 Å². The molecule has 10 heteroatoms. The van der Waals surface area contributed by atoms with Crippen LogP contribution in [0.4, 0.5) is 5.69 Å². The molecule has 1 N–H and O–H groups in total. The summed E-state index contributed by atoms with van der Waals surface area (Å²) >= 11 is 6.46. The average molecular weight is 684 g/mol. The summed E-state index contributed by atoms with van der Waals surface area (Å²) in [5, 5.41) is 0.765. The maximum atomic E-state index is 13.6. The Kier molecular flexibility index (Phi) is 9.68. The number of hydrogen-bond donors (Lipinski definition) is 1. The van der Waals surface area contributed by atoms with E-state index < -0.39 is 15.6 Å². The first kappa shape index (κ1) is 33.4. The third-order valence-corrected chi connectivity index (χ3v) is 12.8. The molecule has 2 fully saturated rings. The van der Waals surface area contributed by atoms with Crippen molar-refractivity contribution in [3.05, 3.63) is 64.7 Å². The van der Waals surface area contributed by atoms with Gasteiger partial charge in [0.1, 0.15) is 5.75 Å². The first-order valence-corrected chi connectivity index (χ1v) is 19.4. The van der Waals surface area contributed by atoms with Crippen LogP contribution in [0.3, 0.4) is 0 Å². The predicted molar refractivity (Wildman–Crippen MR) is 186 cm³/mol. The van der Waals surface area contributed by atoms with Gasteiger partial charge in [-0.2, -0.15) is 0 Å². The molecule has 2 aromatic rings. The summed E-state index contributed by atoms with van der Waals surface area (Å²) in [6.07, 6.45) is 12.1. The van der Waals surface area contributed by atoms with Crippen molar-refractivity contribution in [2.75, 3.05) is 64.0 Å². The zero-order chi connectivity index (χ0) is 32.6. The molecule has 2 aliphatic carbocycles. The van der Waals surface area contributed by atoms with Gasteiger partial charge in [0.15, 0.2) is 0 Å². The summed E-state index contributed by atoms with van der Waals surface area (Å²) in [7, 11) is -3.79. The minimum absolute atomic E-state index is 0.00927. The van der Waals surface area contributed by atoms with Crippen molar-refractivity contribution in [1.29, 1.82) is 0 Å². The maximum absolute atomic E-state index is 13.6. The maximum Gasteiger partial charge on any atom is 0.240 e. The van der Waals surface area contributed by atoms with Gasteiger partial charge >= 0.3 is 0 Å². The molecule has 2 aromatic carbocycles. The van der Waals surface area contributed by atoms with Gasteiger partial charge in [0.2, 0.25) is 10.0 Å². The minimum Gasteiger partial charge on any atom is -0.490 e. The van der Waals surface area contributed by atoms with E-state index in [9.17, 15) is 8.42 Å². The monoisotopic (exact) mass is 683 g/mol. The van der Waals surface area contributed by atoms with Gasteiger partial charge in [-0.1, -0.05) is 29.8 Å². The van der Waals surface area contributed by atoms with Crippen LogP contribution in [0.15, 0.2) is 53.4 Å². The molecule has 0 unspecified atom stereocenters. The molecule has 0 amide bonds. The van der Waals surface area contributed by atoms with Crippen molar-refractivity contribution < 1.29 is 22.6 Å². The number of rotatable bonds is 4. The number of anilines is 1. The summed E-state index contributed by atoms with van der Waals surface area (Å²) in [5.74, 6) is 1.51. The van der Waals surface area contributed by atoms with Gasteiger partial charge in [-0.05, 0) is 125 Å². The van der Waals surface area contributed by atoms with E-state index >= 15 is 0 Å². The van der Waals surface area contributed by atoms with Gasteiger partial charge in [-0.3, -0.25) is 0 Å². The number of aryl methyl sites for hydroxylation is 1. The van der Waals surface area contributed by atoms with Crippen LogP contribution in [0.5, 0.6) is 5.75 Å². The topological polar surface area (TPSA) is 80.3 Å². The van der Waals surface area contributed by atoms with E-state index in [0.29, 0.717) is 25.0 Å². The lowest BCUT2D eigenvalue weighted by Crippen LogP contribution is -2.50. The van der Waals surface area contributed by atoms with Crippen molar-refractivity contribution in [2.45, 2.75) is 80.8 Å².